The average Bonchev–Trinajstić information content (AvgIpc) is 2.80. The van der Waals surface area contributed by atoms with Crippen LogP contribution < -0.4 is 4.90 Å². The summed E-state index contributed by atoms with van der Waals surface area (Å²) in [6.07, 6.45) is 0.338. The third kappa shape index (κ3) is 4.28. The molecule has 0 bridgehead atoms. The molecule has 1 atom stereocenters. The number of carbonyl (C=O) groups excluding carboxylic acids is 1. The van der Waals surface area contributed by atoms with Crippen molar-refractivity contribution in [3.8, 4) is 0 Å². The van der Waals surface area contributed by atoms with Crippen LogP contribution in [0.5, 0.6) is 0 Å². The van der Waals surface area contributed by atoms with Crippen molar-refractivity contribution in [2.45, 2.75) is 11.7 Å². The highest BCUT2D eigenvalue weighted by Gasteiger charge is 2.34. The van der Waals surface area contributed by atoms with Crippen LogP contribution in [0.1, 0.15) is 27.6 Å². The number of sulfone groups is 1. The fourth-order valence-corrected chi connectivity index (χ4v) is 5.48. The summed E-state index contributed by atoms with van der Waals surface area (Å²) in [4.78, 5) is 16.5. The predicted molar refractivity (Wildman–Crippen MR) is 109 cm³/mol. The summed E-state index contributed by atoms with van der Waals surface area (Å²) < 4.78 is 25.6. The topological polar surface area (TPSA) is 57.7 Å². The molecule has 1 saturated heterocycles. The smallest absolute Gasteiger partial charge is 0.253 e. The van der Waals surface area contributed by atoms with Crippen molar-refractivity contribution in [1.29, 1.82) is 0 Å². The summed E-state index contributed by atoms with van der Waals surface area (Å²) in [7, 11) is 0.434. The van der Waals surface area contributed by atoms with Crippen molar-refractivity contribution in [3.63, 3.8) is 0 Å². The molecule has 0 radical (unpaired) electrons. The van der Waals surface area contributed by atoms with Gasteiger partial charge in [0.1, 0.15) is 0 Å². The number of nitrogens with zero attached hydrogens (tertiary/aromatic N) is 2. The van der Waals surface area contributed by atoms with Gasteiger partial charge in [0.25, 0.3) is 5.91 Å². The van der Waals surface area contributed by atoms with Crippen LogP contribution in [0, 0.1) is 0 Å². The molecular weight excluding hydrogens is 384 g/mol. The quantitative estimate of drug-likeness (QED) is 0.783. The average molecular weight is 407 g/mol. The van der Waals surface area contributed by atoms with Gasteiger partial charge in [-0.2, -0.15) is 0 Å². The van der Waals surface area contributed by atoms with Crippen LogP contribution in [-0.2, 0) is 9.84 Å². The molecular formula is C20H23ClN2O3S. The van der Waals surface area contributed by atoms with Gasteiger partial charge in [-0.05, 0) is 36.2 Å². The van der Waals surface area contributed by atoms with Crippen LogP contribution in [-0.4, -0.2) is 52.2 Å². The van der Waals surface area contributed by atoms with E-state index >= 15 is 0 Å². The van der Waals surface area contributed by atoms with Gasteiger partial charge < -0.3 is 9.80 Å². The lowest BCUT2D eigenvalue weighted by Crippen LogP contribution is -2.33. The van der Waals surface area contributed by atoms with Gasteiger partial charge in [0, 0.05) is 43.5 Å². The molecule has 3 rings (SSSR count). The van der Waals surface area contributed by atoms with Crippen molar-refractivity contribution in [3.05, 3.63) is 64.7 Å². The molecule has 0 spiro atoms. The Labute approximate surface area is 165 Å². The van der Waals surface area contributed by atoms with Gasteiger partial charge in [-0.3, -0.25) is 4.79 Å². The number of benzene rings is 2. The molecule has 0 saturated carbocycles. The molecule has 1 heterocycles. The Kier molecular flexibility index (Phi) is 5.77. The summed E-state index contributed by atoms with van der Waals surface area (Å²) in [6.45, 7) is 0.564. The third-order valence-corrected chi connectivity index (χ3v) is 7.34. The van der Waals surface area contributed by atoms with Crippen molar-refractivity contribution in [2.75, 3.05) is 37.8 Å². The minimum Gasteiger partial charge on any atom is -0.378 e. The SMILES string of the molecule is CN(C)c1cccc(C(=O)N2CC[C@H](c3ccccc3Cl)S(=O)(=O)CC2)c1. The monoisotopic (exact) mass is 406 g/mol. The number of amides is 1. The Morgan fingerprint density at radius 2 is 1.85 bits per heavy atom. The van der Waals surface area contributed by atoms with Crippen LogP contribution in [0.2, 0.25) is 5.02 Å². The standard InChI is InChI=1S/C20H23ClN2O3S/c1-22(2)16-7-5-6-15(14-16)20(24)23-11-10-19(27(25,26)13-12-23)17-8-3-4-9-18(17)21/h3-9,14,19H,10-13H2,1-2H3/t19-/m1/s1. The number of hydrogen-bond acceptors (Lipinski definition) is 4. The van der Waals surface area contributed by atoms with Gasteiger partial charge in [0.15, 0.2) is 9.84 Å². The minimum absolute atomic E-state index is 0.0675. The molecule has 1 fully saturated rings. The lowest BCUT2D eigenvalue weighted by Gasteiger charge is -2.21. The van der Waals surface area contributed by atoms with Crippen LogP contribution in [0.15, 0.2) is 48.5 Å². The van der Waals surface area contributed by atoms with Gasteiger partial charge in [0.2, 0.25) is 0 Å². The number of rotatable bonds is 3. The van der Waals surface area contributed by atoms with Crippen LogP contribution in [0.25, 0.3) is 0 Å². The number of halogens is 1. The maximum absolute atomic E-state index is 12.9. The lowest BCUT2D eigenvalue weighted by atomic mass is 10.1. The van der Waals surface area contributed by atoms with Crippen molar-refractivity contribution < 1.29 is 13.2 Å². The molecule has 144 valence electrons. The molecule has 0 N–H and O–H groups in total. The lowest BCUT2D eigenvalue weighted by molar-refractivity contribution is 0.0766. The highest BCUT2D eigenvalue weighted by atomic mass is 35.5. The first-order valence-electron chi connectivity index (χ1n) is 8.82. The van der Waals surface area contributed by atoms with E-state index in [0.29, 0.717) is 29.1 Å². The zero-order valence-corrected chi connectivity index (χ0v) is 17.0. The van der Waals surface area contributed by atoms with Gasteiger partial charge >= 0.3 is 0 Å². The maximum Gasteiger partial charge on any atom is 0.253 e. The molecule has 2 aromatic carbocycles. The Morgan fingerprint density at radius 3 is 2.56 bits per heavy atom. The highest BCUT2D eigenvalue weighted by molar-refractivity contribution is 7.91. The largest absolute Gasteiger partial charge is 0.378 e. The van der Waals surface area contributed by atoms with E-state index < -0.39 is 15.1 Å². The fourth-order valence-electron chi connectivity index (χ4n) is 3.33. The van der Waals surface area contributed by atoms with E-state index in [-0.39, 0.29) is 18.2 Å². The van der Waals surface area contributed by atoms with E-state index in [1.165, 1.54) is 0 Å². The first kappa shape index (κ1) is 19.7. The van der Waals surface area contributed by atoms with Crippen LogP contribution in [0.4, 0.5) is 5.69 Å². The fraction of sp³-hybridized carbons (Fsp3) is 0.350. The summed E-state index contributed by atoms with van der Waals surface area (Å²) in [5.41, 5.74) is 2.11. The van der Waals surface area contributed by atoms with E-state index in [4.69, 9.17) is 11.6 Å². The van der Waals surface area contributed by atoms with E-state index in [1.807, 2.05) is 37.2 Å². The molecule has 27 heavy (non-hydrogen) atoms. The maximum atomic E-state index is 12.9. The first-order chi connectivity index (χ1) is 12.8. The first-order valence-corrected chi connectivity index (χ1v) is 10.9. The van der Waals surface area contributed by atoms with E-state index in [2.05, 4.69) is 0 Å². The normalized spacial score (nSPS) is 19.4. The molecule has 1 amide bonds. The van der Waals surface area contributed by atoms with Gasteiger partial charge in [-0.25, -0.2) is 8.42 Å². The molecule has 0 unspecified atom stereocenters. The molecule has 2 aromatic rings. The van der Waals surface area contributed by atoms with E-state index in [9.17, 15) is 13.2 Å². The van der Waals surface area contributed by atoms with Crippen molar-refractivity contribution >= 4 is 33.0 Å². The highest BCUT2D eigenvalue weighted by Crippen LogP contribution is 2.34. The number of carbonyl (C=O) groups is 1. The molecule has 7 heteroatoms. The van der Waals surface area contributed by atoms with Crippen LogP contribution in [0.3, 0.4) is 0 Å². The molecule has 1 aliphatic heterocycles. The number of anilines is 1. The Balaban J connectivity index is 1.84. The van der Waals surface area contributed by atoms with Crippen LogP contribution >= 0.6 is 11.6 Å². The predicted octanol–water partition coefficient (Wildman–Crippen LogP) is 3.41. The van der Waals surface area contributed by atoms with Gasteiger partial charge in [-0.1, -0.05) is 35.9 Å². The van der Waals surface area contributed by atoms with Crippen molar-refractivity contribution in [2.24, 2.45) is 0 Å². The zero-order valence-electron chi connectivity index (χ0n) is 15.4. The van der Waals surface area contributed by atoms with Crippen molar-refractivity contribution in [1.82, 2.24) is 4.90 Å². The molecule has 5 nitrogen and oxygen atoms in total. The minimum atomic E-state index is -3.39. The van der Waals surface area contributed by atoms with Gasteiger partial charge in [-0.15, -0.1) is 0 Å². The number of hydrogen-bond donors (Lipinski definition) is 0. The summed E-state index contributed by atoms with van der Waals surface area (Å²) in [5, 5.41) is -0.235. The Morgan fingerprint density at radius 1 is 1.11 bits per heavy atom. The third-order valence-electron chi connectivity index (χ3n) is 4.89. The van der Waals surface area contributed by atoms with Gasteiger partial charge in [0.05, 0.1) is 11.0 Å². The summed E-state index contributed by atoms with van der Waals surface area (Å²) in [5.74, 6) is -0.212. The second kappa shape index (κ2) is 7.90. The second-order valence-electron chi connectivity index (χ2n) is 6.90. The Hall–Kier alpha value is -2.05. The molecule has 1 aliphatic rings. The summed E-state index contributed by atoms with van der Waals surface area (Å²) in [6, 6.07) is 14.4. The molecule has 0 aliphatic carbocycles. The summed E-state index contributed by atoms with van der Waals surface area (Å²) >= 11 is 6.23. The second-order valence-corrected chi connectivity index (χ2v) is 9.61. The van der Waals surface area contributed by atoms with E-state index in [0.717, 1.165) is 5.69 Å². The molecule has 0 aromatic heterocycles. The van der Waals surface area contributed by atoms with E-state index in [1.54, 1.807) is 35.2 Å². The zero-order chi connectivity index (χ0) is 19.6. The Bertz CT molecular complexity index is 944.